The standard InChI is InChI=1S/C22H28ClN3O2/c1-15-4-6-18(7-5-15)14-26-20(13-25-22(26)23)16(2)24-12-17-8-10-19(11-9-17)21(27)28-3/h4-7,13,17,19,24H,2,8-12,14H2,1,3H3/t17-,19-. The normalized spacial score (nSPS) is 19.2. The van der Waals surface area contributed by atoms with E-state index in [1.54, 1.807) is 6.20 Å². The van der Waals surface area contributed by atoms with Crippen LogP contribution in [0.2, 0.25) is 5.28 Å². The Hall–Kier alpha value is -2.27. The highest BCUT2D eigenvalue weighted by Crippen LogP contribution is 2.29. The van der Waals surface area contributed by atoms with Gasteiger partial charge in [0.15, 0.2) is 0 Å². The van der Waals surface area contributed by atoms with Gasteiger partial charge in [-0.1, -0.05) is 36.4 Å². The van der Waals surface area contributed by atoms with Gasteiger partial charge in [-0.15, -0.1) is 0 Å². The van der Waals surface area contributed by atoms with E-state index in [-0.39, 0.29) is 11.9 Å². The topological polar surface area (TPSA) is 56.1 Å². The van der Waals surface area contributed by atoms with Crippen molar-refractivity contribution in [3.63, 3.8) is 0 Å². The predicted octanol–water partition coefficient (Wildman–Crippen LogP) is 4.43. The molecule has 6 heteroatoms. The number of hydrogen-bond acceptors (Lipinski definition) is 4. The molecule has 1 aliphatic rings. The van der Waals surface area contributed by atoms with E-state index in [0.717, 1.165) is 43.6 Å². The number of ether oxygens (including phenoxy) is 1. The molecule has 1 fully saturated rings. The van der Waals surface area contributed by atoms with Crippen LogP contribution >= 0.6 is 11.6 Å². The minimum absolute atomic E-state index is 0.0548. The molecule has 0 saturated heterocycles. The molecule has 0 aliphatic heterocycles. The zero-order valence-electron chi connectivity index (χ0n) is 16.6. The van der Waals surface area contributed by atoms with E-state index in [4.69, 9.17) is 16.3 Å². The molecule has 1 saturated carbocycles. The molecule has 5 nitrogen and oxygen atoms in total. The van der Waals surface area contributed by atoms with Gasteiger partial charge in [0.2, 0.25) is 5.28 Å². The van der Waals surface area contributed by atoms with Gasteiger partial charge in [0, 0.05) is 6.54 Å². The first-order valence-electron chi connectivity index (χ1n) is 9.75. The van der Waals surface area contributed by atoms with E-state index in [1.165, 1.54) is 18.2 Å². The summed E-state index contributed by atoms with van der Waals surface area (Å²) in [5.41, 5.74) is 4.12. The molecular formula is C22H28ClN3O2. The lowest BCUT2D eigenvalue weighted by Crippen LogP contribution is -2.29. The van der Waals surface area contributed by atoms with Crippen molar-refractivity contribution in [3.05, 3.63) is 59.1 Å². The third-order valence-corrected chi connectivity index (χ3v) is 5.86. The summed E-state index contributed by atoms with van der Waals surface area (Å²) in [6.45, 7) is 7.75. The van der Waals surface area contributed by atoms with E-state index < -0.39 is 0 Å². The number of hydrogen-bond donors (Lipinski definition) is 1. The Morgan fingerprint density at radius 1 is 1.29 bits per heavy atom. The molecule has 0 atom stereocenters. The maximum absolute atomic E-state index is 11.7. The molecular weight excluding hydrogens is 374 g/mol. The number of nitrogens with zero attached hydrogens (tertiary/aromatic N) is 2. The van der Waals surface area contributed by atoms with Crippen molar-refractivity contribution >= 4 is 23.3 Å². The molecule has 1 aliphatic carbocycles. The first kappa shape index (κ1) is 20.5. The average Bonchev–Trinajstić information content (AvgIpc) is 3.08. The second-order valence-electron chi connectivity index (χ2n) is 7.58. The number of imidazole rings is 1. The Balaban J connectivity index is 1.57. The fourth-order valence-electron chi connectivity index (χ4n) is 3.75. The fraction of sp³-hybridized carbons (Fsp3) is 0.455. The number of methoxy groups -OCH3 is 1. The van der Waals surface area contributed by atoms with Crippen LogP contribution in [-0.4, -0.2) is 29.2 Å². The number of rotatable bonds is 7. The molecule has 0 spiro atoms. The Kier molecular flexibility index (Phi) is 6.79. The molecule has 0 unspecified atom stereocenters. The average molecular weight is 402 g/mol. The summed E-state index contributed by atoms with van der Waals surface area (Å²) in [5.74, 6) is 0.506. The van der Waals surface area contributed by atoms with Crippen LogP contribution in [-0.2, 0) is 16.1 Å². The highest BCUT2D eigenvalue weighted by molar-refractivity contribution is 6.28. The second-order valence-corrected chi connectivity index (χ2v) is 7.92. The number of esters is 1. The second kappa shape index (κ2) is 9.28. The third-order valence-electron chi connectivity index (χ3n) is 5.56. The van der Waals surface area contributed by atoms with Gasteiger partial charge in [-0.3, -0.25) is 4.79 Å². The Morgan fingerprint density at radius 2 is 1.96 bits per heavy atom. The van der Waals surface area contributed by atoms with Crippen molar-refractivity contribution in [1.29, 1.82) is 0 Å². The number of halogens is 1. The Labute approximate surface area is 171 Å². The molecule has 1 aromatic carbocycles. The predicted molar refractivity (Wildman–Crippen MR) is 112 cm³/mol. The lowest BCUT2D eigenvalue weighted by molar-refractivity contribution is -0.146. The summed E-state index contributed by atoms with van der Waals surface area (Å²) < 4.78 is 6.83. The van der Waals surface area contributed by atoms with Crippen LogP contribution in [0.3, 0.4) is 0 Å². The molecule has 1 N–H and O–H groups in total. The summed E-state index contributed by atoms with van der Waals surface area (Å²) >= 11 is 6.32. The number of aryl methyl sites for hydroxylation is 1. The van der Waals surface area contributed by atoms with Crippen LogP contribution < -0.4 is 5.32 Å². The van der Waals surface area contributed by atoms with Gasteiger partial charge in [0.25, 0.3) is 0 Å². The maximum atomic E-state index is 11.7. The first-order valence-corrected chi connectivity index (χ1v) is 10.1. The van der Waals surface area contributed by atoms with Crippen molar-refractivity contribution < 1.29 is 9.53 Å². The molecule has 0 radical (unpaired) electrons. The van der Waals surface area contributed by atoms with Crippen LogP contribution in [0, 0.1) is 18.8 Å². The summed E-state index contributed by atoms with van der Waals surface area (Å²) in [4.78, 5) is 15.9. The van der Waals surface area contributed by atoms with Crippen LogP contribution in [0.4, 0.5) is 0 Å². The molecule has 28 heavy (non-hydrogen) atoms. The Morgan fingerprint density at radius 3 is 2.61 bits per heavy atom. The van der Waals surface area contributed by atoms with Gasteiger partial charge in [-0.05, 0) is 55.7 Å². The van der Waals surface area contributed by atoms with Gasteiger partial charge in [-0.25, -0.2) is 4.98 Å². The highest BCUT2D eigenvalue weighted by atomic mass is 35.5. The third kappa shape index (κ3) is 4.96. The number of aromatic nitrogens is 2. The van der Waals surface area contributed by atoms with E-state index in [9.17, 15) is 4.79 Å². The first-order chi connectivity index (χ1) is 13.5. The molecule has 0 bridgehead atoms. The molecule has 1 aromatic heterocycles. The smallest absolute Gasteiger partial charge is 0.308 e. The summed E-state index contributed by atoms with van der Waals surface area (Å²) in [6, 6.07) is 8.39. The monoisotopic (exact) mass is 401 g/mol. The molecule has 150 valence electrons. The van der Waals surface area contributed by atoms with Gasteiger partial charge in [0.1, 0.15) is 0 Å². The lowest BCUT2D eigenvalue weighted by Gasteiger charge is -2.27. The van der Waals surface area contributed by atoms with E-state index in [0.29, 0.717) is 17.7 Å². The minimum atomic E-state index is -0.0783. The van der Waals surface area contributed by atoms with Gasteiger partial charge < -0.3 is 14.6 Å². The maximum Gasteiger partial charge on any atom is 0.308 e. The van der Waals surface area contributed by atoms with E-state index in [2.05, 4.69) is 48.1 Å². The summed E-state index contributed by atoms with van der Waals surface area (Å²) in [5, 5.41) is 3.90. The summed E-state index contributed by atoms with van der Waals surface area (Å²) in [7, 11) is 1.46. The Bertz CT molecular complexity index is 821. The zero-order valence-corrected chi connectivity index (χ0v) is 17.3. The van der Waals surface area contributed by atoms with E-state index in [1.807, 2.05) is 4.57 Å². The fourth-order valence-corrected chi connectivity index (χ4v) is 3.95. The highest BCUT2D eigenvalue weighted by Gasteiger charge is 2.26. The quantitative estimate of drug-likeness (QED) is 0.697. The molecule has 2 aromatic rings. The number of carbonyl (C=O) groups excluding carboxylic acids is 1. The van der Waals surface area contributed by atoms with Gasteiger partial charge >= 0.3 is 5.97 Å². The van der Waals surface area contributed by atoms with Crippen molar-refractivity contribution in [3.8, 4) is 0 Å². The van der Waals surface area contributed by atoms with Crippen LogP contribution in [0.15, 0.2) is 37.0 Å². The largest absolute Gasteiger partial charge is 0.469 e. The lowest BCUT2D eigenvalue weighted by atomic mass is 9.82. The van der Waals surface area contributed by atoms with Crippen LogP contribution in [0.1, 0.15) is 42.5 Å². The van der Waals surface area contributed by atoms with Gasteiger partial charge in [0.05, 0.1) is 37.2 Å². The van der Waals surface area contributed by atoms with Crippen LogP contribution in [0.5, 0.6) is 0 Å². The van der Waals surface area contributed by atoms with Crippen molar-refractivity contribution in [2.75, 3.05) is 13.7 Å². The summed E-state index contributed by atoms with van der Waals surface area (Å²) in [6.07, 6.45) is 5.58. The van der Waals surface area contributed by atoms with Crippen molar-refractivity contribution in [1.82, 2.24) is 14.9 Å². The van der Waals surface area contributed by atoms with Crippen molar-refractivity contribution in [2.45, 2.75) is 39.2 Å². The van der Waals surface area contributed by atoms with E-state index >= 15 is 0 Å². The van der Waals surface area contributed by atoms with Crippen molar-refractivity contribution in [2.24, 2.45) is 11.8 Å². The van der Waals surface area contributed by atoms with Gasteiger partial charge in [-0.2, -0.15) is 0 Å². The molecule has 1 heterocycles. The number of benzene rings is 1. The zero-order chi connectivity index (χ0) is 20.1. The van der Waals surface area contributed by atoms with Crippen LogP contribution in [0.25, 0.3) is 5.70 Å². The SMILES string of the molecule is C=C(NC[C@H]1CC[C@H](C(=O)OC)CC1)c1cnc(Cl)n1Cc1ccc(C)cc1. The minimum Gasteiger partial charge on any atom is -0.469 e. The number of nitrogens with one attached hydrogen (secondary N) is 1. The molecule has 0 amide bonds. The molecule has 3 rings (SSSR count). The number of carbonyl (C=O) groups is 1.